The summed E-state index contributed by atoms with van der Waals surface area (Å²) in [6.45, 7) is 1.99. The van der Waals surface area contributed by atoms with Gasteiger partial charge >= 0.3 is 0 Å². The van der Waals surface area contributed by atoms with Crippen LogP contribution in [0, 0.1) is 17.8 Å². The first kappa shape index (κ1) is 9.30. The van der Waals surface area contributed by atoms with E-state index in [1.807, 2.05) is 19.1 Å². The van der Waals surface area contributed by atoms with Crippen molar-refractivity contribution in [1.82, 2.24) is 0 Å². The lowest BCUT2D eigenvalue weighted by atomic mass is 10.1. The minimum Gasteiger partial charge on any atom is -0.324 e. The minimum absolute atomic E-state index is 0.112. The molecule has 1 aromatic rings. The molecule has 0 aromatic heterocycles. The molecule has 0 amide bonds. The monoisotopic (exact) mass is 185 g/mol. The van der Waals surface area contributed by atoms with Gasteiger partial charge in [0.2, 0.25) is 0 Å². The van der Waals surface area contributed by atoms with Gasteiger partial charge in [-0.2, -0.15) is 0 Å². The van der Waals surface area contributed by atoms with E-state index in [1.54, 1.807) is 0 Å². The Hall–Kier alpha value is -1.26. The maximum atomic E-state index is 5.76. The summed E-state index contributed by atoms with van der Waals surface area (Å²) in [5, 5.41) is 0. The number of rotatable bonds is 1. The van der Waals surface area contributed by atoms with Gasteiger partial charge in [-0.3, -0.25) is 0 Å². The SMILES string of the molecule is CC(N)c1ccc(C#CC2CC2)cc1. The van der Waals surface area contributed by atoms with Gasteiger partial charge in [0.25, 0.3) is 0 Å². The summed E-state index contributed by atoms with van der Waals surface area (Å²) in [5.74, 6) is 7.09. The van der Waals surface area contributed by atoms with E-state index in [0.29, 0.717) is 5.92 Å². The van der Waals surface area contributed by atoms with Crippen molar-refractivity contribution >= 4 is 0 Å². The van der Waals surface area contributed by atoms with E-state index in [-0.39, 0.29) is 6.04 Å². The van der Waals surface area contributed by atoms with Crippen LogP contribution < -0.4 is 5.73 Å². The molecule has 1 heteroatoms. The second-order valence-electron chi connectivity index (χ2n) is 3.95. The average Bonchev–Trinajstić information content (AvgIpc) is 2.99. The zero-order chi connectivity index (χ0) is 9.97. The Labute approximate surface area is 85.3 Å². The van der Waals surface area contributed by atoms with Crippen LogP contribution in [0.2, 0.25) is 0 Å². The summed E-state index contributed by atoms with van der Waals surface area (Å²) < 4.78 is 0. The highest BCUT2D eigenvalue weighted by Crippen LogP contribution is 2.27. The van der Waals surface area contributed by atoms with Crippen LogP contribution in [-0.2, 0) is 0 Å². The normalized spacial score (nSPS) is 17.0. The molecule has 0 heterocycles. The zero-order valence-corrected chi connectivity index (χ0v) is 8.46. The Morgan fingerprint density at radius 2 is 1.93 bits per heavy atom. The van der Waals surface area contributed by atoms with Crippen LogP contribution in [0.25, 0.3) is 0 Å². The molecule has 1 nitrogen and oxygen atoms in total. The second-order valence-corrected chi connectivity index (χ2v) is 3.95. The molecule has 1 aromatic carbocycles. The van der Waals surface area contributed by atoms with Crippen molar-refractivity contribution in [3.63, 3.8) is 0 Å². The van der Waals surface area contributed by atoms with E-state index < -0.39 is 0 Å². The van der Waals surface area contributed by atoms with E-state index in [9.17, 15) is 0 Å². The largest absolute Gasteiger partial charge is 0.324 e. The minimum atomic E-state index is 0.112. The lowest BCUT2D eigenvalue weighted by Crippen LogP contribution is -2.04. The third-order valence-corrected chi connectivity index (χ3v) is 2.43. The second kappa shape index (κ2) is 3.86. The van der Waals surface area contributed by atoms with Gasteiger partial charge in [0.05, 0.1) is 0 Å². The Bertz CT molecular complexity index is 360. The van der Waals surface area contributed by atoms with Gasteiger partial charge < -0.3 is 5.73 Å². The predicted molar refractivity (Wildman–Crippen MR) is 58.6 cm³/mol. The van der Waals surface area contributed by atoms with E-state index in [4.69, 9.17) is 5.73 Å². The number of nitrogens with two attached hydrogens (primary N) is 1. The van der Waals surface area contributed by atoms with Crippen LogP contribution in [-0.4, -0.2) is 0 Å². The average molecular weight is 185 g/mol. The topological polar surface area (TPSA) is 26.0 Å². The number of benzene rings is 1. The molecule has 2 rings (SSSR count). The fourth-order valence-corrected chi connectivity index (χ4v) is 1.28. The van der Waals surface area contributed by atoms with Crippen molar-refractivity contribution in [3.05, 3.63) is 35.4 Å². The Morgan fingerprint density at radius 3 is 2.43 bits per heavy atom. The molecule has 1 aliphatic rings. The van der Waals surface area contributed by atoms with E-state index >= 15 is 0 Å². The number of hydrogen-bond acceptors (Lipinski definition) is 1. The highest BCUT2D eigenvalue weighted by Gasteiger charge is 2.17. The van der Waals surface area contributed by atoms with Gasteiger partial charge in [-0.15, -0.1) is 0 Å². The van der Waals surface area contributed by atoms with Gasteiger partial charge in [0, 0.05) is 17.5 Å². The third kappa shape index (κ3) is 2.37. The molecular weight excluding hydrogens is 170 g/mol. The summed E-state index contributed by atoms with van der Waals surface area (Å²) >= 11 is 0. The molecule has 1 unspecified atom stereocenters. The first-order valence-electron chi connectivity index (χ1n) is 5.13. The predicted octanol–water partition coefficient (Wildman–Crippen LogP) is 2.47. The molecular formula is C13H15N. The van der Waals surface area contributed by atoms with Crippen molar-refractivity contribution in [2.45, 2.75) is 25.8 Å². The summed E-state index contributed by atoms with van der Waals surface area (Å²) in [5.41, 5.74) is 8.03. The summed E-state index contributed by atoms with van der Waals surface area (Å²) in [4.78, 5) is 0. The Balaban J connectivity index is 2.10. The molecule has 72 valence electrons. The lowest BCUT2D eigenvalue weighted by molar-refractivity contribution is 0.818. The lowest BCUT2D eigenvalue weighted by Gasteiger charge is -2.03. The fourth-order valence-electron chi connectivity index (χ4n) is 1.28. The highest BCUT2D eigenvalue weighted by molar-refractivity contribution is 5.37. The van der Waals surface area contributed by atoms with Crippen LogP contribution >= 0.6 is 0 Å². The van der Waals surface area contributed by atoms with Crippen molar-refractivity contribution in [1.29, 1.82) is 0 Å². The third-order valence-electron chi connectivity index (χ3n) is 2.43. The molecule has 1 saturated carbocycles. The van der Waals surface area contributed by atoms with Crippen LogP contribution in [0.5, 0.6) is 0 Å². The number of hydrogen-bond donors (Lipinski definition) is 1. The molecule has 1 fully saturated rings. The highest BCUT2D eigenvalue weighted by atomic mass is 14.6. The van der Waals surface area contributed by atoms with Crippen molar-refractivity contribution in [3.8, 4) is 11.8 Å². The molecule has 1 atom stereocenters. The van der Waals surface area contributed by atoms with E-state index in [2.05, 4.69) is 24.0 Å². The fraction of sp³-hybridized carbons (Fsp3) is 0.385. The Morgan fingerprint density at radius 1 is 1.29 bits per heavy atom. The van der Waals surface area contributed by atoms with Crippen LogP contribution in [0.3, 0.4) is 0 Å². The van der Waals surface area contributed by atoms with Crippen LogP contribution in [0.1, 0.15) is 36.9 Å². The summed E-state index contributed by atoms with van der Waals surface area (Å²) in [6.07, 6.45) is 2.57. The molecule has 14 heavy (non-hydrogen) atoms. The molecule has 0 bridgehead atoms. The maximum Gasteiger partial charge on any atom is 0.0266 e. The summed E-state index contributed by atoms with van der Waals surface area (Å²) in [7, 11) is 0. The van der Waals surface area contributed by atoms with Crippen molar-refractivity contribution in [2.24, 2.45) is 11.7 Å². The van der Waals surface area contributed by atoms with E-state index in [0.717, 1.165) is 5.56 Å². The zero-order valence-electron chi connectivity index (χ0n) is 8.46. The van der Waals surface area contributed by atoms with Crippen LogP contribution in [0.15, 0.2) is 24.3 Å². The van der Waals surface area contributed by atoms with Gasteiger partial charge in [0.15, 0.2) is 0 Å². The first-order valence-corrected chi connectivity index (χ1v) is 5.13. The van der Waals surface area contributed by atoms with E-state index in [1.165, 1.54) is 18.4 Å². The Kier molecular flexibility index (Phi) is 2.56. The summed E-state index contributed by atoms with van der Waals surface area (Å²) in [6, 6.07) is 8.33. The van der Waals surface area contributed by atoms with Gasteiger partial charge in [-0.05, 0) is 37.5 Å². The maximum absolute atomic E-state index is 5.76. The molecule has 0 saturated heterocycles. The first-order chi connectivity index (χ1) is 6.75. The molecule has 0 spiro atoms. The standard InChI is InChI=1S/C13H15N/c1-10(14)13-8-6-12(7-9-13)5-4-11-2-3-11/h6-11H,2-3,14H2,1H3. The quantitative estimate of drug-likeness (QED) is 0.668. The van der Waals surface area contributed by atoms with Crippen molar-refractivity contribution < 1.29 is 0 Å². The molecule has 2 N–H and O–H groups in total. The van der Waals surface area contributed by atoms with Crippen molar-refractivity contribution in [2.75, 3.05) is 0 Å². The van der Waals surface area contributed by atoms with Gasteiger partial charge in [-0.1, -0.05) is 24.0 Å². The van der Waals surface area contributed by atoms with Crippen LogP contribution in [0.4, 0.5) is 0 Å². The van der Waals surface area contributed by atoms with Gasteiger partial charge in [-0.25, -0.2) is 0 Å². The smallest absolute Gasteiger partial charge is 0.0266 e. The molecule has 0 radical (unpaired) electrons. The molecule has 1 aliphatic carbocycles. The van der Waals surface area contributed by atoms with Gasteiger partial charge in [0.1, 0.15) is 0 Å². The molecule has 0 aliphatic heterocycles.